The molecule has 0 aliphatic carbocycles. The second-order valence-electron chi connectivity index (χ2n) is 14.6. The molecule has 4 aromatic rings. The van der Waals surface area contributed by atoms with Gasteiger partial charge in [-0.3, -0.25) is 4.90 Å². The zero-order valence-electron chi connectivity index (χ0n) is 29.1. The molecule has 0 spiro atoms. The number of nitrogens with one attached hydrogen (secondary N) is 2. The number of amides is 2. The molecule has 0 unspecified atom stereocenters. The van der Waals surface area contributed by atoms with Gasteiger partial charge in [0.15, 0.2) is 0 Å². The van der Waals surface area contributed by atoms with Gasteiger partial charge in [0.1, 0.15) is 28.6 Å². The van der Waals surface area contributed by atoms with E-state index in [9.17, 15) is 9.59 Å². The molecule has 11 heteroatoms. The van der Waals surface area contributed by atoms with Gasteiger partial charge in [-0.2, -0.15) is 0 Å². The minimum Gasteiger partial charge on any atom is -0.492 e. The number of hydrogen-bond donors (Lipinski definition) is 2. The van der Waals surface area contributed by atoms with Crippen LogP contribution in [0, 0.1) is 0 Å². The molecule has 2 N–H and O–H groups in total. The van der Waals surface area contributed by atoms with Crippen molar-refractivity contribution in [3.63, 3.8) is 0 Å². The number of aromatic nitrogens is 4. The van der Waals surface area contributed by atoms with E-state index in [1.165, 1.54) is 0 Å². The van der Waals surface area contributed by atoms with Crippen molar-refractivity contribution in [2.24, 2.45) is 0 Å². The van der Waals surface area contributed by atoms with Crippen molar-refractivity contribution in [3.8, 4) is 39.4 Å². The van der Waals surface area contributed by atoms with Gasteiger partial charge in [-0.25, -0.2) is 19.6 Å². The summed E-state index contributed by atoms with van der Waals surface area (Å²) in [4.78, 5) is 45.3. The fourth-order valence-corrected chi connectivity index (χ4v) is 6.07. The van der Waals surface area contributed by atoms with E-state index in [4.69, 9.17) is 19.2 Å². The predicted molar refractivity (Wildman–Crippen MR) is 184 cm³/mol. The van der Waals surface area contributed by atoms with Crippen LogP contribution >= 0.6 is 0 Å². The van der Waals surface area contributed by atoms with Crippen molar-refractivity contribution in [1.82, 2.24) is 29.7 Å². The fraction of sp³-hybridized carbons (Fsp3) is 0.459. The zero-order valence-corrected chi connectivity index (χ0v) is 29.1. The highest BCUT2D eigenvalue weighted by Gasteiger charge is 2.35. The van der Waals surface area contributed by atoms with E-state index >= 15 is 0 Å². The molecule has 48 heavy (non-hydrogen) atoms. The first-order valence-electron chi connectivity index (χ1n) is 16.6. The van der Waals surface area contributed by atoms with Gasteiger partial charge in [0, 0.05) is 31.3 Å². The van der Waals surface area contributed by atoms with Gasteiger partial charge >= 0.3 is 12.2 Å². The number of likely N-dealkylation sites (tertiary alicyclic amines) is 1. The molecule has 2 aromatic heterocycles. The Hall–Kier alpha value is -4.80. The van der Waals surface area contributed by atoms with Crippen molar-refractivity contribution in [1.29, 1.82) is 0 Å². The smallest absolute Gasteiger partial charge is 0.410 e. The Balaban J connectivity index is 1.18. The third-order valence-electron chi connectivity index (χ3n) is 8.62. The van der Waals surface area contributed by atoms with Gasteiger partial charge < -0.3 is 29.1 Å². The third kappa shape index (κ3) is 7.05. The second-order valence-corrected chi connectivity index (χ2v) is 14.6. The Morgan fingerprint density at radius 1 is 0.979 bits per heavy atom. The Labute approximate surface area is 282 Å². The van der Waals surface area contributed by atoms with Crippen molar-refractivity contribution in [2.75, 3.05) is 20.2 Å². The lowest BCUT2D eigenvalue weighted by Crippen LogP contribution is -2.36. The normalized spacial score (nSPS) is 16.8. The van der Waals surface area contributed by atoms with Crippen molar-refractivity contribution >= 4 is 12.2 Å². The summed E-state index contributed by atoms with van der Waals surface area (Å²) in [5, 5.41) is 0. The number of fused-ring (bicyclic) bond motifs is 3. The van der Waals surface area contributed by atoms with E-state index in [1.54, 1.807) is 16.8 Å². The molecule has 0 bridgehead atoms. The largest absolute Gasteiger partial charge is 0.492 e. The Morgan fingerprint density at radius 2 is 1.67 bits per heavy atom. The Morgan fingerprint density at radius 3 is 2.38 bits per heavy atom. The van der Waals surface area contributed by atoms with E-state index < -0.39 is 17.3 Å². The quantitative estimate of drug-likeness (QED) is 0.223. The number of hydrogen-bond acceptors (Lipinski definition) is 7. The number of benzene rings is 2. The first-order chi connectivity index (χ1) is 22.7. The zero-order chi connectivity index (χ0) is 34.4. The highest BCUT2D eigenvalue weighted by Crippen LogP contribution is 2.39. The molecule has 1 fully saturated rings. The average molecular weight is 655 g/mol. The summed E-state index contributed by atoms with van der Waals surface area (Å²) < 4.78 is 17.4. The van der Waals surface area contributed by atoms with E-state index in [1.807, 2.05) is 54.7 Å². The number of rotatable bonds is 5. The predicted octanol–water partition coefficient (Wildman–Crippen LogP) is 8.07. The third-order valence-corrected chi connectivity index (χ3v) is 8.62. The van der Waals surface area contributed by atoms with Crippen LogP contribution in [-0.2, 0) is 15.9 Å². The number of carbonyl (C=O) groups is 2. The van der Waals surface area contributed by atoms with Crippen molar-refractivity contribution < 1.29 is 23.8 Å². The number of ether oxygens (including phenoxy) is 3. The second kappa shape index (κ2) is 12.7. The molecule has 4 heterocycles. The van der Waals surface area contributed by atoms with Gasteiger partial charge in [-0.15, -0.1) is 0 Å². The molecular formula is C37H46N6O5. The lowest BCUT2D eigenvalue weighted by Gasteiger charge is -2.27. The van der Waals surface area contributed by atoms with Crippen LogP contribution in [0.1, 0.15) is 90.7 Å². The molecule has 2 aliphatic heterocycles. The van der Waals surface area contributed by atoms with Crippen molar-refractivity contribution in [3.05, 3.63) is 66.0 Å². The molecule has 0 saturated carbocycles. The number of H-pyrrole nitrogens is 2. The van der Waals surface area contributed by atoms with Gasteiger partial charge in [0.25, 0.3) is 0 Å². The molecule has 254 valence electrons. The summed E-state index contributed by atoms with van der Waals surface area (Å²) in [5.74, 6) is 2.24. The molecule has 6 rings (SSSR count). The standard InChI is InChI=1S/C37H46N6O5/c1-22(42(8)34(44)47-36(2,3)4)32-39-27-17-19-46-30-20-25(15-16-26(30)31(27)41-32)23-11-13-24(14-12-23)28-21-38-33(40-28)29-10-9-18-43(29)35(45)48-37(5,6)7/h11-16,20-22,29H,9-10,17-19H2,1-8H3,(H,38,40)(H,39,41)/t22-,29-/m0/s1. The minimum atomic E-state index is -0.579. The van der Waals surface area contributed by atoms with Gasteiger partial charge in [0.2, 0.25) is 0 Å². The van der Waals surface area contributed by atoms with Crippen LogP contribution in [0.15, 0.2) is 48.7 Å². The lowest BCUT2D eigenvalue weighted by molar-refractivity contribution is 0.0212. The van der Waals surface area contributed by atoms with Gasteiger partial charge in [-0.05, 0) is 90.1 Å². The molecule has 2 amide bonds. The average Bonchev–Trinajstić information content (AvgIpc) is 3.77. The topological polar surface area (TPSA) is 126 Å². The number of nitrogens with zero attached hydrogens (tertiary/aromatic N) is 4. The fourth-order valence-electron chi connectivity index (χ4n) is 6.07. The van der Waals surface area contributed by atoms with Crippen LogP contribution < -0.4 is 4.74 Å². The summed E-state index contributed by atoms with van der Waals surface area (Å²) in [6.07, 6.45) is 3.55. The minimum absolute atomic E-state index is 0.132. The SMILES string of the molecule is C[C@@H](c1nc2c([nH]1)CCOc1cc(-c3ccc(-c4cnc([C@@H]5CCCN5C(=O)OC(C)(C)C)[nH]4)cc3)ccc1-2)N(C)C(=O)OC(C)(C)C. The van der Waals surface area contributed by atoms with Crippen LogP contribution in [0.5, 0.6) is 5.75 Å². The van der Waals surface area contributed by atoms with Crippen LogP contribution in [0.2, 0.25) is 0 Å². The Bertz CT molecular complexity index is 1800. The lowest BCUT2D eigenvalue weighted by atomic mass is 10.00. The van der Waals surface area contributed by atoms with Gasteiger partial charge in [-0.1, -0.05) is 30.3 Å². The summed E-state index contributed by atoms with van der Waals surface area (Å²) >= 11 is 0. The van der Waals surface area contributed by atoms with E-state index in [0.29, 0.717) is 25.4 Å². The highest BCUT2D eigenvalue weighted by atomic mass is 16.6. The molecule has 2 aromatic carbocycles. The molecular weight excluding hydrogens is 608 g/mol. The van der Waals surface area contributed by atoms with E-state index in [0.717, 1.165) is 63.8 Å². The maximum atomic E-state index is 12.8. The monoisotopic (exact) mass is 654 g/mol. The first kappa shape index (κ1) is 33.1. The highest BCUT2D eigenvalue weighted by molar-refractivity contribution is 5.77. The summed E-state index contributed by atoms with van der Waals surface area (Å²) in [6, 6.07) is 14.1. The first-order valence-corrected chi connectivity index (χ1v) is 16.6. The number of carbonyl (C=O) groups excluding carboxylic acids is 2. The van der Waals surface area contributed by atoms with Crippen LogP contribution in [-0.4, -0.2) is 73.3 Å². The molecule has 2 atom stereocenters. The van der Waals surface area contributed by atoms with E-state index in [-0.39, 0.29) is 18.2 Å². The van der Waals surface area contributed by atoms with Crippen LogP contribution in [0.4, 0.5) is 9.59 Å². The van der Waals surface area contributed by atoms with E-state index in [2.05, 4.69) is 57.4 Å². The molecule has 1 saturated heterocycles. The number of aromatic amines is 2. The maximum absolute atomic E-state index is 12.8. The molecule has 0 radical (unpaired) electrons. The van der Waals surface area contributed by atoms with Gasteiger partial charge in [0.05, 0.1) is 36.3 Å². The summed E-state index contributed by atoms with van der Waals surface area (Å²) in [7, 11) is 1.72. The molecule has 2 aliphatic rings. The number of imidazole rings is 2. The Kier molecular flexibility index (Phi) is 8.74. The summed E-state index contributed by atoms with van der Waals surface area (Å²) in [6.45, 7) is 14.3. The maximum Gasteiger partial charge on any atom is 0.410 e. The van der Waals surface area contributed by atoms with Crippen LogP contribution in [0.25, 0.3) is 33.6 Å². The summed E-state index contributed by atoms with van der Waals surface area (Å²) in [5.41, 5.74) is 5.59. The van der Waals surface area contributed by atoms with Crippen molar-refractivity contribution in [2.45, 2.75) is 91.0 Å². The van der Waals surface area contributed by atoms with Crippen LogP contribution in [0.3, 0.4) is 0 Å². The molecule has 11 nitrogen and oxygen atoms in total.